The van der Waals surface area contributed by atoms with Gasteiger partial charge in [-0.15, -0.1) is 0 Å². The Bertz CT molecular complexity index is 998. The Morgan fingerprint density at radius 3 is 2.48 bits per heavy atom. The highest BCUT2D eigenvalue weighted by Gasteiger charge is 2.13. The predicted molar refractivity (Wildman–Crippen MR) is 107 cm³/mol. The molecular formula is C18H12Cl3N3O3. The quantitative estimate of drug-likeness (QED) is 0.302. The van der Waals surface area contributed by atoms with E-state index in [1.54, 1.807) is 30.3 Å². The first kappa shape index (κ1) is 19.2. The minimum atomic E-state index is -0.507. The van der Waals surface area contributed by atoms with Crippen LogP contribution in [0.5, 0.6) is 0 Å². The van der Waals surface area contributed by atoms with Crippen LogP contribution < -0.4 is 5.43 Å². The number of hydrogen-bond donors (Lipinski definition) is 1. The predicted octanol–water partition coefficient (Wildman–Crippen LogP) is 5.94. The smallest absolute Gasteiger partial charge is 0.270 e. The van der Waals surface area contributed by atoms with E-state index in [0.717, 1.165) is 5.56 Å². The van der Waals surface area contributed by atoms with E-state index in [-0.39, 0.29) is 10.7 Å². The van der Waals surface area contributed by atoms with E-state index in [1.807, 2.05) is 0 Å². The van der Waals surface area contributed by atoms with Gasteiger partial charge in [0.2, 0.25) is 0 Å². The van der Waals surface area contributed by atoms with Crippen LogP contribution in [0.15, 0.2) is 58.0 Å². The van der Waals surface area contributed by atoms with Gasteiger partial charge in [0.05, 0.1) is 22.7 Å². The fourth-order valence-corrected chi connectivity index (χ4v) is 3.12. The van der Waals surface area contributed by atoms with Gasteiger partial charge in [-0.2, -0.15) is 5.10 Å². The Morgan fingerprint density at radius 1 is 1.07 bits per heavy atom. The first-order valence-electron chi connectivity index (χ1n) is 7.68. The Hall–Kier alpha value is -2.54. The SMILES string of the molecule is O=[N+]([O-])c1ccc(-c2ccc(/C=N\NCc3c(Cl)cccc3Cl)o2)c(Cl)c1. The summed E-state index contributed by atoms with van der Waals surface area (Å²) >= 11 is 18.3. The lowest BCUT2D eigenvalue weighted by molar-refractivity contribution is -0.384. The van der Waals surface area contributed by atoms with Crippen molar-refractivity contribution in [1.82, 2.24) is 5.43 Å². The topological polar surface area (TPSA) is 80.7 Å². The maximum atomic E-state index is 10.8. The molecule has 0 radical (unpaired) electrons. The van der Waals surface area contributed by atoms with Gasteiger partial charge in [0.15, 0.2) is 0 Å². The fourth-order valence-electron chi connectivity index (χ4n) is 2.32. The van der Waals surface area contributed by atoms with Gasteiger partial charge in [-0.25, -0.2) is 0 Å². The molecule has 0 aliphatic rings. The minimum absolute atomic E-state index is 0.0838. The van der Waals surface area contributed by atoms with Crippen LogP contribution in [0.4, 0.5) is 5.69 Å². The zero-order chi connectivity index (χ0) is 19.4. The van der Waals surface area contributed by atoms with Gasteiger partial charge in [0.1, 0.15) is 11.5 Å². The average Bonchev–Trinajstić information content (AvgIpc) is 3.09. The van der Waals surface area contributed by atoms with Crippen molar-refractivity contribution < 1.29 is 9.34 Å². The highest BCUT2D eigenvalue weighted by atomic mass is 35.5. The maximum Gasteiger partial charge on any atom is 0.270 e. The van der Waals surface area contributed by atoms with Crippen molar-refractivity contribution in [2.75, 3.05) is 0 Å². The largest absolute Gasteiger partial charge is 0.455 e. The lowest BCUT2D eigenvalue weighted by Gasteiger charge is -2.05. The minimum Gasteiger partial charge on any atom is -0.455 e. The number of non-ortho nitro benzene ring substituents is 1. The normalized spacial score (nSPS) is 11.1. The summed E-state index contributed by atoms with van der Waals surface area (Å²) in [5.41, 5.74) is 4.07. The zero-order valence-corrected chi connectivity index (χ0v) is 15.9. The van der Waals surface area contributed by atoms with E-state index in [2.05, 4.69) is 10.5 Å². The summed E-state index contributed by atoms with van der Waals surface area (Å²) in [6.45, 7) is 0.358. The molecule has 1 heterocycles. The molecule has 0 unspecified atom stereocenters. The molecule has 0 aliphatic heterocycles. The molecule has 0 amide bonds. The number of furan rings is 1. The lowest BCUT2D eigenvalue weighted by Crippen LogP contribution is -2.06. The van der Waals surface area contributed by atoms with Crippen LogP contribution in [0, 0.1) is 10.1 Å². The van der Waals surface area contributed by atoms with Crippen molar-refractivity contribution in [3.8, 4) is 11.3 Å². The highest BCUT2D eigenvalue weighted by Crippen LogP contribution is 2.32. The average molecular weight is 425 g/mol. The van der Waals surface area contributed by atoms with Gasteiger partial charge >= 0.3 is 0 Å². The van der Waals surface area contributed by atoms with Crippen LogP contribution in [0.3, 0.4) is 0 Å². The number of hydrazone groups is 1. The summed E-state index contributed by atoms with van der Waals surface area (Å²) in [6, 6.07) is 12.9. The first-order valence-corrected chi connectivity index (χ1v) is 8.82. The molecule has 0 fully saturated rings. The monoisotopic (exact) mass is 423 g/mol. The second-order valence-corrected chi connectivity index (χ2v) is 6.64. The van der Waals surface area contributed by atoms with E-state index in [4.69, 9.17) is 39.2 Å². The molecule has 1 N–H and O–H groups in total. The van der Waals surface area contributed by atoms with E-state index < -0.39 is 4.92 Å². The number of nitrogens with zero attached hydrogens (tertiary/aromatic N) is 2. The molecule has 138 valence electrons. The maximum absolute atomic E-state index is 10.8. The summed E-state index contributed by atoms with van der Waals surface area (Å²) in [6.07, 6.45) is 1.49. The third kappa shape index (κ3) is 4.60. The summed E-state index contributed by atoms with van der Waals surface area (Å²) in [5, 5.41) is 16.2. The standard InChI is InChI=1S/C18H12Cl3N3O3/c19-15-2-1-3-16(20)14(15)10-23-22-9-12-5-7-18(27-12)13-6-4-11(24(25)26)8-17(13)21/h1-9,23H,10H2/b22-9-. The van der Waals surface area contributed by atoms with Crippen molar-refractivity contribution in [3.05, 3.63) is 85.0 Å². The number of nitrogens with one attached hydrogen (secondary N) is 1. The van der Waals surface area contributed by atoms with E-state index in [9.17, 15) is 10.1 Å². The van der Waals surface area contributed by atoms with E-state index >= 15 is 0 Å². The molecule has 6 nitrogen and oxygen atoms in total. The molecule has 27 heavy (non-hydrogen) atoms. The molecule has 3 aromatic rings. The van der Waals surface area contributed by atoms with E-state index in [1.165, 1.54) is 24.4 Å². The summed E-state index contributed by atoms with van der Waals surface area (Å²) < 4.78 is 5.65. The molecule has 0 bridgehead atoms. The number of benzene rings is 2. The molecule has 3 rings (SSSR count). The van der Waals surface area contributed by atoms with Crippen molar-refractivity contribution in [1.29, 1.82) is 0 Å². The molecule has 0 spiro atoms. The summed E-state index contributed by atoms with van der Waals surface area (Å²) in [4.78, 5) is 10.3. The van der Waals surface area contributed by atoms with Crippen LogP contribution in [0.25, 0.3) is 11.3 Å². The van der Waals surface area contributed by atoms with E-state index in [0.29, 0.717) is 33.7 Å². The summed E-state index contributed by atoms with van der Waals surface area (Å²) in [7, 11) is 0. The first-order chi connectivity index (χ1) is 13.0. The van der Waals surface area contributed by atoms with Crippen molar-refractivity contribution >= 4 is 46.7 Å². The van der Waals surface area contributed by atoms with Crippen LogP contribution in [0.2, 0.25) is 15.1 Å². The summed E-state index contributed by atoms with van der Waals surface area (Å²) in [5.74, 6) is 0.961. The van der Waals surface area contributed by atoms with Crippen molar-refractivity contribution in [2.24, 2.45) is 5.10 Å². The highest BCUT2D eigenvalue weighted by molar-refractivity contribution is 6.36. The molecule has 9 heteroatoms. The third-order valence-electron chi connectivity index (χ3n) is 3.66. The Morgan fingerprint density at radius 2 is 1.81 bits per heavy atom. The second-order valence-electron chi connectivity index (χ2n) is 5.42. The Kier molecular flexibility index (Phi) is 6.01. The molecule has 0 saturated heterocycles. The second kappa shape index (κ2) is 8.43. The molecule has 2 aromatic carbocycles. The van der Waals surface area contributed by atoms with Crippen LogP contribution in [-0.2, 0) is 6.54 Å². The molecule has 0 aliphatic carbocycles. The van der Waals surface area contributed by atoms with Crippen LogP contribution in [-0.4, -0.2) is 11.1 Å². The number of nitro groups is 1. The van der Waals surface area contributed by atoms with Crippen molar-refractivity contribution in [2.45, 2.75) is 6.54 Å². The number of nitro benzene ring substituents is 1. The number of halogens is 3. The zero-order valence-electron chi connectivity index (χ0n) is 13.7. The molecule has 0 saturated carbocycles. The number of rotatable bonds is 6. The van der Waals surface area contributed by atoms with Gasteiger partial charge < -0.3 is 9.84 Å². The Balaban J connectivity index is 1.68. The number of hydrogen-bond acceptors (Lipinski definition) is 5. The lowest BCUT2D eigenvalue weighted by atomic mass is 10.1. The van der Waals surface area contributed by atoms with Gasteiger partial charge in [-0.05, 0) is 30.3 Å². The van der Waals surface area contributed by atoms with Crippen molar-refractivity contribution in [3.63, 3.8) is 0 Å². The van der Waals surface area contributed by atoms with Crippen LogP contribution in [0.1, 0.15) is 11.3 Å². The fraction of sp³-hybridized carbons (Fsp3) is 0.0556. The van der Waals surface area contributed by atoms with Crippen LogP contribution >= 0.6 is 34.8 Å². The van der Waals surface area contributed by atoms with Gasteiger partial charge in [-0.1, -0.05) is 40.9 Å². The molecule has 0 atom stereocenters. The van der Waals surface area contributed by atoms with Gasteiger partial charge in [0.25, 0.3) is 5.69 Å². The molecular weight excluding hydrogens is 413 g/mol. The van der Waals surface area contributed by atoms with Gasteiger partial charge in [0, 0.05) is 33.3 Å². The molecule has 1 aromatic heterocycles. The third-order valence-corrected chi connectivity index (χ3v) is 4.68. The van der Waals surface area contributed by atoms with Gasteiger partial charge in [-0.3, -0.25) is 10.1 Å². The Labute approximate surface area is 169 Å².